The molecule has 2 amide bonds. The number of benzene rings is 5. The van der Waals surface area contributed by atoms with Crippen LogP contribution in [0, 0.1) is 32.1 Å². The van der Waals surface area contributed by atoms with Crippen LogP contribution >= 0.6 is 35.1 Å². The molecule has 93 heavy (non-hydrogen) atoms. The van der Waals surface area contributed by atoms with Crippen molar-refractivity contribution in [3.8, 4) is 17.7 Å². The summed E-state index contributed by atoms with van der Waals surface area (Å²) in [4.78, 5) is 28.9. The molecule has 0 aliphatic carbocycles. The second-order valence-electron chi connectivity index (χ2n) is 20.0. The first-order valence-corrected chi connectivity index (χ1v) is 36.8. The van der Waals surface area contributed by atoms with Gasteiger partial charge in [-0.25, -0.2) is 4.98 Å². The summed E-state index contributed by atoms with van der Waals surface area (Å²) in [6.45, 7) is 6.78. The van der Waals surface area contributed by atoms with E-state index in [4.69, 9.17) is 16.3 Å². The number of aromatic nitrogens is 2. The zero-order valence-corrected chi connectivity index (χ0v) is 55.5. The smallest absolute Gasteiger partial charge is 0.296 e. The number of imidazole rings is 1. The minimum absolute atomic E-state index is 0.00297. The number of nitrogens with zero attached hydrogens (tertiary/aromatic N) is 11. The van der Waals surface area contributed by atoms with Crippen molar-refractivity contribution in [1.82, 2.24) is 9.38 Å². The predicted octanol–water partition coefficient (Wildman–Crippen LogP) is 12.5. The maximum absolute atomic E-state index is 12.9. The van der Waals surface area contributed by atoms with Crippen molar-refractivity contribution in [3.63, 3.8) is 0 Å². The van der Waals surface area contributed by atoms with Crippen molar-refractivity contribution >= 4 is 171 Å². The molecule has 0 spiro atoms. The average Bonchev–Trinajstić information content (AvgIpc) is 1.58. The monoisotopic (exact) mass is 1440 g/mol. The number of nitriles is 1. The number of pyridine rings is 1. The third-order valence-electron chi connectivity index (χ3n) is 12.7. The first kappa shape index (κ1) is 72.4. The molecule has 494 valence electrons. The third-order valence-corrected chi connectivity index (χ3v) is 19.6. The fourth-order valence-electron chi connectivity index (χ4n) is 8.52. The molecule has 0 aliphatic rings. The van der Waals surface area contributed by atoms with E-state index >= 15 is 0 Å². The zero-order chi connectivity index (χ0) is 68.5. The van der Waals surface area contributed by atoms with Gasteiger partial charge in [0.15, 0.2) is 11.3 Å². The van der Waals surface area contributed by atoms with Gasteiger partial charge in [0, 0.05) is 35.3 Å². The fraction of sp³-hybridized carbons (Fsp3) is 0.283. The Balaban J connectivity index is 1.35. The normalized spacial score (nSPS) is 12.7. The molecule has 0 aliphatic heterocycles. The number of aryl methyl sites for hydroxylation is 2. The van der Waals surface area contributed by atoms with Crippen LogP contribution in [0.15, 0.2) is 127 Å². The Kier molecular flexibility index (Phi) is 23.3. The molecule has 2 aromatic heterocycles. The van der Waals surface area contributed by atoms with E-state index in [0.29, 0.717) is 11.1 Å². The molecule has 0 unspecified atom stereocenters. The molecule has 40 heteroatoms. The Bertz CT molecular complexity index is 4930. The molecule has 32 nitrogen and oxygen atoms in total. The molecule has 5 aromatic carbocycles. The summed E-state index contributed by atoms with van der Waals surface area (Å²) in [6.07, 6.45) is -0.129. The largest absolute Gasteiger partial charge is 0.493 e. The molecule has 2 heterocycles. The Morgan fingerprint density at radius 1 is 0.602 bits per heavy atom. The highest BCUT2D eigenvalue weighted by atomic mass is 35.5. The summed E-state index contributed by atoms with van der Waals surface area (Å²) < 4.78 is 174. The van der Waals surface area contributed by atoms with E-state index < -0.39 is 95.3 Å². The highest BCUT2D eigenvalue weighted by Crippen LogP contribution is 2.46. The van der Waals surface area contributed by atoms with Crippen LogP contribution in [0.25, 0.3) is 16.7 Å². The van der Waals surface area contributed by atoms with Gasteiger partial charge in [-0.05, 0) is 124 Å². The number of rotatable bonds is 28. The molecule has 7 aromatic rings. The summed E-state index contributed by atoms with van der Waals surface area (Å²) >= 11 is 8.01. The Labute approximate surface area is 544 Å². The van der Waals surface area contributed by atoms with Crippen LogP contribution in [-0.4, -0.2) is 127 Å². The number of anilines is 2. The molecular weight excluding hydrogens is 1380 g/mol. The number of ether oxygens (including phenoxy) is 1. The number of carbonyl (C=O) groups is 2. The van der Waals surface area contributed by atoms with E-state index in [-0.39, 0.29) is 149 Å². The van der Waals surface area contributed by atoms with Gasteiger partial charge >= 0.3 is 0 Å². The maximum atomic E-state index is 12.9. The van der Waals surface area contributed by atoms with Crippen LogP contribution < -0.4 is 15.4 Å². The lowest BCUT2D eigenvalue weighted by atomic mass is 10.1. The first-order chi connectivity index (χ1) is 43.4. The molecule has 0 bridgehead atoms. The van der Waals surface area contributed by atoms with E-state index in [1.165, 1.54) is 69.3 Å². The lowest BCUT2D eigenvalue weighted by Crippen LogP contribution is -2.06. The van der Waals surface area contributed by atoms with Crippen molar-refractivity contribution in [2.24, 2.45) is 40.9 Å². The van der Waals surface area contributed by atoms with E-state index in [1.54, 1.807) is 13.8 Å². The number of hydrogen-bond donors (Lipinski definition) is 8. The molecule has 7 rings (SSSR count). The topological polar surface area (TPSA) is 499 Å². The molecular formula is C53H54ClN13O19S7. The first-order valence-electron chi connectivity index (χ1n) is 26.7. The number of thioether (sulfide) groups is 2. The van der Waals surface area contributed by atoms with E-state index in [0.717, 1.165) is 46.1 Å². The SMILES string of the molecule is CC(=O)Nc1cc(N=Nc2cc(SCCCS(=O)(=O)O)c(N=Nc3cc(OCCCCS(=O)(=O)O)c(N=Nc4c(C)c(C#N)c5nc6c(S(=O)(=O)O)ccc(C)c6n5c4O)cc3C)cc2NC(C)=O)c(SCCCS(=O)(=O)O)cc1N=Nc1ccc(Cl)c(S(=O)(=O)O)c1. The number of aromatic hydroxyl groups is 1. The molecule has 0 fully saturated rings. The second kappa shape index (κ2) is 30.0. The van der Waals surface area contributed by atoms with E-state index in [1.807, 2.05) is 6.07 Å². The van der Waals surface area contributed by atoms with E-state index in [9.17, 15) is 84.8 Å². The van der Waals surface area contributed by atoms with Gasteiger partial charge in [0.05, 0.1) is 57.2 Å². The van der Waals surface area contributed by atoms with Crippen molar-refractivity contribution in [3.05, 3.63) is 94.0 Å². The number of azo groups is 4. The van der Waals surface area contributed by atoms with Crippen LogP contribution in [0.5, 0.6) is 11.6 Å². The molecule has 0 atom stereocenters. The van der Waals surface area contributed by atoms with Gasteiger partial charge in [-0.2, -0.15) is 57.6 Å². The minimum atomic E-state index is -4.85. The minimum Gasteiger partial charge on any atom is -0.493 e. The number of amides is 2. The highest BCUT2D eigenvalue weighted by Gasteiger charge is 2.27. The van der Waals surface area contributed by atoms with Gasteiger partial charge in [-0.1, -0.05) is 17.7 Å². The van der Waals surface area contributed by atoms with Crippen LogP contribution in [0.3, 0.4) is 0 Å². The van der Waals surface area contributed by atoms with Crippen molar-refractivity contribution in [2.45, 2.75) is 79.9 Å². The zero-order valence-electron chi connectivity index (χ0n) is 49.1. The second-order valence-corrected chi connectivity index (χ2v) is 30.1. The number of halogens is 1. The third kappa shape index (κ3) is 19.8. The molecule has 0 saturated carbocycles. The summed E-state index contributed by atoms with van der Waals surface area (Å²) in [6, 6.07) is 16.1. The Morgan fingerprint density at radius 2 is 1.11 bits per heavy atom. The fourth-order valence-corrected chi connectivity index (χ4v) is 14.0. The van der Waals surface area contributed by atoms with Gasteiger partial charge in [0.1, 0.15) is 61.1 Å². The highest BCUT2D eigenvalue weighted by molar-refractivity contribution is 7.99. The summed E-state index contributed by atoms with van der Waals surface area (Å²) in [5, 5.41) is 61.9. The van der Waals surface area contributed by atoms with Gasteiger partial charge in [-0.3, -0.25) is 36.8 Å². The Hall–Kier alpha value is -7.98. The standard InChI is InChI=1S/C53H54ClN13O19S7/c1-28-10-13-47(92(80,81)82)50-51(28)67-52(58-50)34(27-55)30(3)49(53(67)70)66-63-41-20-29(2)36(24-44(41)86-14-6-7-17-89(71,72)73)60-64-42-23-38(57-32(5)69)40(26-46(42)88-16-9-19-91(77,78)79)62-65-43-22-37(56-31(4)68)39(25-45(43)87-15-8-18-90(74,75)76)61-59-33-11-12-35(54)48(21-33)93(83,84)85/h10-13,20-26,70H,6-9,14-19H2,1-5H3,(H,56,68)(H,57,69)(H,71,72,73)(H,74,75,76)(H,77,78,79)(H,80,81,82)(H,83,84,85). The van der Waals surface area contributed by atoms with Crippen LogP contribution in [0.1, 0.15) is 61.8 Å². The number of nitrogens with one attached hydrogen (secondary N) is 2. The van der Waals surface area contributed by atoms with Crippen LogP contribution in [0.4, 0.5) is 56.9 Å². The molecule has 0 saturated heterocycles. The van der Waals surface area contributed by atoms with E-state index in [2.05, 4.69) is 56.5 Å². The average molecular weight is 1440 g/mol. The quantitative estimate of drug-likeness (QED) is 0.00977. The lowest BCUT2D eigenvalue weighted by Gasteiger charge is -2.13. The van der Waals surface area contributed by atoms with Gasteiger partial charge in [-0.15, -0.1) is 54.2 Å². The molecule has 0 radical (unpaired) electrons. The summed E-state index contributed by atoms with van der Waals surface area (Å²) in [7, 11) is -22.8. The van der Waals surface area contributed by atoms with Crippen LogP contribution in [-0.2, 0) is 60.2 Å². The number of hydrogen-bond acceptors (Lipinski definition) is 26. The van der Waals surface area contributed by atoms with Crippen molar-refractivity contribution in [1.29, 1.82) is 5.26 Å². The summed E-state index contributed by atoms with van der Waals surface area (Å²) in [5.41, 5.74) is -0.154. The predicted molar refractivity (Wildman–Crippen MR) is 344 cm³/mol. The van der Waals surface area contributed by atoms with Crippen molar-refractivity contribution in [2.75, 3.05) is 46.0 Å². The Morgan fingerprint density at radius 3 is 1.62 bits per heavy atom. The number of fused-ring (bicyclic) bond motifs is 3. The van der Waals surface area contributed by atoms with Crippen molar-refractivity contribution < 1.29 is 84.3 Å². The van der Waals surface area contributed by atoms with Crippen LogP contribution in [0.2, 0.25) is 5.02 Å². The summed E-state index contributed by atoms with van der Waals surface area (Å²) in [5.74, 6) is -3.69. The van der Waals surface area contributed by atoms with Gasteiger partial charge < -0.3 is 20.5 Å². The van der Waals surface area contributed by atoms with Gasteiger partial charge in [0.2, 0.25) is 17.7 Å². The number of unbranched alkanes of at least 4 members (excludes halogenated alkanes) is 1. The molecule has 8 N–H and O–H groups in total. The van der Waals surface area contributed by atoms with Gasteiger partial charge in [0.25, 0.3) is 50.6 Å². The number of carbonyl (C=O) groups excluding carboxylic acids is 2. The lowest BCUT2D eigenvalue weighted by molar-refractivity contribution is -0.115. The maximum Gasteiger partial charge on any atom is 0.296 e.